The Morgan fingerprint density at radius 1 is 0.800 bits per heavy atom. The highest BCUT2D eigenvalue weighted by molar-refractivity contribution is 7.92. The fourth-order valence-corrected chi connectivity index (χ4v) is 6.53. The quantitative estimate of drug-likeness (QED) is 0.168. The van der Waals surface area contributed by atoms with E-state index in [2.05, 4.69) is 5.32 Å². The van der Waals surface area contributed by atoms with Gasteiger partial charge in [-0.3, -0.25) is 13.9 Å². The van der Waals surface area contributed by atoms with Crippen LogP contribution in [0.4, 0.5) is 5.69 Å². The number of amides is 2. The normalized spacial score (nSPS) is 12.0. The Morgan fingerprint density at radius 3 is 2.02 bits per heavy atom. The molecule has 0 heterocycles. The van der Waals surface area contributed by atoms with Crippen LogP contribution in [0.5, 0.6) is 0 Å². The van der Waals surface area contributed by atoms with Crippen LogP contribution in [0.1, 0.15) is 30.5 Å². The maximum atomic E-state index is 14.5. The van der Waals surface area contributed by atoms with Crippen LogP contribution >= 0.6 is 23.2 Å². The molecule has 0 radical (unpaired) electrons. The van der Waals surface area contributed by atoms with Crippen molar-refractivity contribution in [3.63, 3.8) is 0 Å². The topological polar surface area (TPSA) is 86.8 Å². The number of hydrogen-bond acceptors (Lipinski definition) is 4. The van der Waals surface area contributed by atoms with Crippen molar-refractivity contribution < 1.29 is 18.0 Å². The van der Waals surface area contributed by atoms with Gasteiger partial charge in [-0.2, -0.15) is 0 Å². The first kappa shape index (κ1) is 34.0. The second-order valence-electron chi connectivity index (χ2n) is 11.3. The number of aryl methyl sites for hydroxylation is 1. The molecule has 1 atom stereocenters. The minimum Gasteiger partial charge on any atom is -0.354 e. The molecule has 0 aliphatic carbocycles. The molecule has 0 saturated heterocycles. The van der Waals surface area contributed by atoms with Crippen LogP contribution in [0.15, 0.2) is 108 Å². The molecule has 4 aromatic carbocycles. The van der Waals surface area contributed by atoms with E-state index in [4.69, 9.17) is 23.2 Å². The van der Waals surface area contributed by atoms with Crippen molar-refractivity contribution in [2.45, 2.75) is 44.7 Å². The first-order valence-corrected chi connectivity index (χ1v) is 16.8. The third-order valence-electron chi connectivity index (χ3n) is 7.22. The summed E-state index contributed by atoms with van der Waals surface area (Å²) in [6.07, 6.45) is 0.216. The van der Waals surface area contributed by atoms with E-state index in [0.29, 0.717) is 27.8 Å². The van der Waals surface area contributed by atoms with E-state index >= 15 is 0 Å². The van der Waals surface area contributed by atoms with E-state index in [1.165, 1.54) is 17.0 Å². The SMILES string of the molecule is Cc1ccc(N(CC(=O)N(Cc2ccc(Cl)c(Cl)c2)[C@H](Cc2ccccc2)C(=O)NCC(C)C)S(=O)(=O)c2ccccc2)cc1. The number of hydrogen-bond donors (Lipinski definition) is 1. The van der Waals surface area contributed by atoms with E-state index in [9.17, 15) is 18.0 Å². The minimum absolute atomic E-state index is 0.00452. The zero-order chi connectivity index (χ0) is 32.6. The van der Waals surface area contributed by atoms with E-state index < -0.39 is 28.5 Å². The van der Waals surface area contributed by atoms with Crippen LogP contribution in [0.3, 0.4) is 0 Å². The van der Waals surface area contributed by atoms with E-state index in [1.54, 1.807) is 60.7 Å². The molecule has 2 amide bonds. The highest BCUT2D eigenvalue weighted by atomic mass is 35.5. The molecule has 45 heavy (non-hydrogen) atoms. The summed E-state index contributed by atoms with van der Waals surface area (Å²) < 4.78 is 29.2. The number of carbonyl (C=O) groups excluding carboxylic acids is 2. The zero-order valence-corrected chi connectivity index (χ0v) is 27.8. The van der Waals surface area contributed by atoms with Gasteiger partial charge < -0.3 is 10.2 Å². The number of sulfonamides is 1. The Balaban J connectivity index is 1.80. The van der Waals surface area contributed by atoms with Gasteiger partial charge in [-0.05, 0) is 60.4 Å². The molecule has 7 nitrogen and oxygen atoms in total. The summed E-state index contributed by atoms with van der Waals surface area (Å²) in [4.78, 5) is 29.8. The van der Waals surface area contributed by atoms with Gasteiger partial charge in [-0.1, -0.05) is 109 Å². The van der Waals surface area contributed by atoms with E-state index in [1.807, 2.05) is 51.1 Å². The van der Waals surface area contributed by atoms with Gasteiger partial charge in [-0.15, -0.1) is 0 Å². The molecule has 0 aromatic heterocycles. The predicted octanol–water partition coefficient (Wildman–Crippen LogP) is 6.91. The summed E-state index contributed by atoms with van der Waals surface area (Å²) in [7, 11) is -4.16. The van der Waals surface area contributed by atoms with Crippen molar-refractivity contribution >= 4 is 50.7 Å². The van der Waals surface area contributed by atoms with Gasteiger partial charge in [0.25, 0.3) is 10.0 Å². The van der Waals surface area contributed by atoms with Crippen LogP contribution in [-0.4, -0.2) is 44.3 Å². The van der Waals surface area contributed by atoms with Crippen molar-refractivity contribution in [2.75, 3.05) is 17.4 Å². The Morgan fingerprint density at radius 2 is 1.42 bits per heavy atom. The molecule has 0 bridgehead atoms. The van der Waals surface area contributed by atoms with Crippen LogP contribution in [0, 0.1) is 12.8 Å². The molecule has 0 saturated carbocycles. The Labute approximate surface area is 275 Å². The lowest BCUT2D eigenvalue weighted by Crippen LogP contribution is -2.53. The first-order valence-electron chi connectivity index (χ1n) is 14.6. The summed E-state index contributed by atoms with van der Waals surface area (Å²) in [5, 5.41) is 3.64. The number of nitrogens with zero attached hydrogens (tertiary/aromatic N) is 2. The molecule has 4 aromatic rings. The predicted molar refractivity (Wildman–Crippen MR) is 181 cm³/mol. The molecule has 0 aliphatic rings. The van der Waals surface area contributed by atoms with Crippen LogP contribution < -0.4 is 9.62 Å². The molecular formula is C35H37Cl2N3O4S. The maximum absolute atomic E-state index is 14.5. The zero-order valence-electron chi connectivity index (χ0n) is 25.5. The van der Waals surface area contributed by atoms with Crippen LogP contribution in [0.2, 0.25) is 10.0 Å². The van der Waals surface area contributed by atoms with Gasteiger partial charge in [0, 0.05) is 19.5 Å². The second kappa shape index (κ2) is 15.4. The average molecular weight is 667 g/mol. The molecule has 0 spiro atoms. The molecule has 0 aliphatic heterocycles. The van der Waals surface area contributed by atoms with Gasteiger partial charge in [0.1, 0.15) is 12.6 Å². The molecule has 10 heteroatoms. The third kappa shape index (κ3) is 9.10. The highest BCUT2D eigenvalue weighted by Crippen LogP contribution is 2.27. The smallest absolute Gasteiger partial charge is 0.264 e. The molecule has 1 N–H and O–H groups in total. The summed E-state index contributed by atoms with van der Waals surface area (Å²) in [6.45, 7) is 5.74. The van der Waals surface area contributed by atoms with Crippen molar-refractivity contribution in [3.8, 4) is 0 Å². The van der Waals surface area contributed by atoms with Crippen LogP contribution in [0.25, 0.3) is 0 Å². The first-order chi connectivity index (χ1) is 21.5. The molecule has 4 rings (SSSR count). The highest BCUT2D eigenvalue weighted by Gasteiger charge is 2.34. The van der Waals surface area contributed by atoms with Crippen molar-refractivity contribution in [2.24, 2.45) is 5.92 Å². The molecule has 0 unspecified atom stereocenters. The maximum Gasteiger partial charge on any atom is 0.264 e. The third-order valence-corrected chi connectivity index (χ3v) is 9.75. The minimum atomic E-state index is -4.16. The second-order valence-corrected chi connectivity index (χ2v) is 14.0. The number of carbonyl (C=O) groups is 2. The Bertz CT molecular complexity index is 1700. The fourth-order valence-electron chi connectivity index (χ4n) is 4.77. The Hall–Kier alpha value is -3.85. The van der Waals surface area contributed by atoms with Gasteiger partial charge in [0.05, 0.1) is 20.6 Å². The monoisotopic (exact) mass is 665 g/mol. The van der Waals surface area contributed by atoms with Gasteiger partial charge in [0.15, 0.2) is 0 Å². The van der Waals surface area contributed by atoms with Crippen LogP contribution in [-0.2, 0) is 32.6 Å². The Kier molecular flexibility index (Phi) is 11.7. The summed E-state index contributed by atoms with van der Waals surface area (Å²) in [5.41, 5.74) is 2.76. The van der Waals surface area contributed by atoms with Crippen molar-refractivity contribution in [1.82, 2.24) is 10.2 Å². The fraction of sp³-hybridized carbons (Fsp3) is 0.257. The van der Waals surface area contributed by atoms with E-state index in [0.717, 1.165) is 15.4 Å². The lowest BCUT2D eigenvalue weighted by molar-refractivity contribution is -0.140. The van der Waals surface area contributed by atoms with Gasteiger partial charge in [-0.25, -0.2) is 8.42 Å². The van der Waals surface area contributed by atoms with Gasteiger partial charge in [0.2, 0.25) is 11.8 Å². The largest absolute Gasteiger partial charge is 0.354 e. The van der Waals surface area contributed by atoms with Crippen molar-refractivity contribution in [1.29, 1.82) is 0 Å². The van der Waals surface area contributed by atoms with Crippen molar-refractivity contribution in [3.05, 3.63) is 130 Å². The number of rotatable bonds is 13. The summed E-state index contributed by atoms with van der Waals surface area (Å²) >= 11 is 12.5. The lowest BCUT2D eigenvalue weighted by Gasteiger charge is -2.34. The number of halogens is 2. The molecule has 236 valence electrons. The summed E-state index contributed by atoms with van der Waals surface area (Å²) in [6, 6.07) is 28.4. The molecular weight excluding hydrogens is 629 g/mol. The standard InChI is InChI=1S/C35H37Cl2N3O4S/c1-25(2)22-38-35(42)33(21-27-10-6-4-7-11-27)39(23-28-16-19-31(36)32(37)20-28)34(41)24-40(29-17-14-26(3)15-18-29)45(43,44)30-12-8-5-9-13-30/h4-20,25,33H,21-24H2,1-3H3,(H,38,42)/t33-/m1/s1. The number of anilines is 1. The average Bonchev–Trinajstić information content (AvgIpc) is 3.03. The van der Waals surface area contributed by atoms with E-state index in [-0.39, 0.29) is 29.7 Å². The molecule has 0 fully saturated rings. The number of nitrogens with one attached hydrogen (secondary N) is 1. The lowest BCUT2D eigenvalue weighted by atomic mass is 10.0. The number of benzene rings is 4. The van der Waals surface area contributed by atoms with Gasteiger partial charge >= 0.3 is 0 Å². The summed E-state index contributed by atoms with van der Waals surface area (Å²) in [5.74, 6) is -0.714.